The van der Waals surface area contributed by atoms with Gasteiger partial charge in [0.25, 0.3) is 0 Å². The topological polar surface area (TPSA) is 33.0 Å². The van der Waals surface area contributed by atoms with E-state index in [4.69, 9.17) is 10.00 Å². The van der Waals surface area contributed by atoms with Gasteiger partial charge in [-0.3, -0.25) is 0 Å². The molecule has 0 N–H and O–H groups in total. The van der Waals surface area contributed by atoms with E-state index in [-0.39, 0.29) is 6.10 Å². The van der Waals surface area contributed by atoms with Crippen LogP contribution in [0.4, 0.5) is 0 Å². The average Bonchev–Trinajstić information content (AvgIpc) is 2.29. The highest BCUT2D eigenvalue weighted by atomic mass is 79.9. The molecule has 0 heterocycles. The summed E-state index contributed by atoms with van der Waals surface area (Å²) in [4.78, 5) is 0. The molecule has 2 nitrogen and oxygen atoms in total. The molecule has 0 aliphatic rings. The molecule has 0 aliphatic heterocycles. The van der Waals surface area contributed by atoms with Gasteiger partial charge in [-0.15, -0.1) is 6.58 Å². The summed E-state index contributed by atoms with van der Waals surface area (Å²) in [5.74, 6) is 0. The zero-order chi connectivity index (χ0) is 12.0. The van der Waals surface area contributed by atoms with Gasteiger partial charge in [0.05, 0.1) is 12.2 Å². The molecule has 0 spiro atoms. The number of nitrogens with zero attached hydrogens (tertiary/aromatic N) is 1. The maximum absolute atomic E-state index is 8.73. The number of rotatable bonds is 5. The van der Waals surface area contributed by atoms with E-state index >= 15 is 0 Å². The van der Waals surface area contributed by atoms with Crippen LogP contribution in [-0.4, -0.2) is 6.10 Å². The molecule has 0 radical (unpaired) electrons. The number of hydrogen-bond donors (Lipinski definition) is 0. The smallest absolute Gasteiger partial charge is 0.142 e. The summed E-state index contributed by atoms with van der Waals surface area (Å²) in [7, 11) is 0. The van der Waals surface area contributed by atoms with Crippen molar-refractivity contribution in [2.24, 2.45) is 0 Å². The third kappa shape index (κ3) is 3.80. The van der Waals surface area contributed by atoms with Crippen molar-refractivity contribution in [2.45, 2.75) is 25.6 Å². The van der Waals surface area contributed by atoms with Crippen LogP contribution < -0.4 is 0 Å². The van der Waals surface area contributed by atoms with Gasteiger partial charge in [0.2, 0.25) is 0 Å². The summed E-state index contributed by atoms with van der Waals surface area (Å²) in [6, 6.07) is 9.97. The van der Waals surface area contributed by atoms with Crippen molar-refractivity contribution in [3.63, 3.8) is 0 Å². The SMILES string of the molecule is C=CC[C@H](OC(C)C#N)c1ccc(Br)cc1. The first kappa shape index (κ1) is 13.0. The first-order valence-electron chi connectivity index (χ1n) is 5.08. The van der Waals surface area contributed by atoms with Gasteiger partial charge < -0.3 is 4.74 Å². The Morgan fingerprint density at radius 1 is 1.50 bits per heavy atom. The van der Waals surface area contributed by atoms with Gasteiger partial charge in [-0.25, -0.2) is 0 Å². The molecule has 1 unspecified atom stereocenters. The Morgan fingerprint density at radius 2 is 2.12 bits per heavy atom. The van der Waals surface area contributed by atoms with E-state index in [2.05, 4.69) is 28.6 Å². The summed E-state index contributed by atoms with van der Waals surface area (Å²) in [6.45, 7) is 5.45. The number of halogens is 1. The van der Waals surface area contributed by atoms with E-state index < -0.39 is 6.10 Å². The standard InChI is InChI=1S/C13H14BrNO/c1-3-4-13(16-10(2)9-15)11-5-7-12(14)8-6-11/h3,5-8,10,13H,1,4H2,2H3/t10?,13-/m0/s1. The van der Waals surface area contributed by atoms with Crippen molar-refractivity contribution in [2.75, 3.05) is 0 Å². The molecular formula is C13H14BrNO. The monoisotopic (exact) mass is 279 g/mol. The van der Waals surface area contributed by atoms with Gasteiger partial charge in [-0.2, -0.15) is 5.26 Å². The van der Waals surface area contributed by atoms with Crippen molar-refractivity contribution in [3.8, 4) is 6.07 Å². The fraction of sp³-hybridized carbons (Fsp3) is 0.308. The predicted octanol–water partition coefficient (Wildman–Crippen LogP) is 3.99. The number of ether oxygens (including phenoxy) is 1. The largest absolute Gasteiger partial charge is 0.355 e. The van der Waals surface area contributed by atoms with Crippen LogP contribution >= 0.6 is 15.9 Å². The molecule has 1 aromatic rings. The van der Waals surface area contributed by atoms with Gasteiger partial charge in [0.1, 0.15) is 6.10 Å². The molecule has 0 amide bonds. The second kappa shape index (κ2) is 6.47. The van der Waals surface area contributed by atoms with E-state index in [9.17, 15) is 0 Å². The van der Waals surface area contributed by atoms with E-state index in [1.165, 1.54) is 0 Å². The lowest BCUT2D eigenvalue weighted by Gasteiger charge is -2.18. The molecule has 0 bridgehead atoms. The third-order valence-corrected chi connectivity index (χ3v) is 2.70. The first-order chi connectivity index (χ1) is 7.67. The minimum Gasteiger partial charge on any atom is -0.355 e. The highest BCUT2D eigenvalue weighted by molar-refractivity contribution is 9.10. The van der Waals surface area contributed by atoms with Gasteiger partial charge in [0.15, 0.2) is 0 Å². The first-order valence-corrected chi connectivity index (χ1v) is 5.88. The lowest BCUT2D eigenvalue weighted by molar-refractivity contribution is 0.0274. The minimum atomic E-state index is -0.409. The number of nitriles is 1. The Morgan fingerprint density at radius 3 is 2.62 bits per heavy atom. The van der Waals surface area contributed by atoms with Crippen LogP contribution in [0.3, 0.4) is 0 Å². The molecule has 0 saturated carbocycles. The van der Waals surface area contributed by atoms with E-state index in [0.717, 1.165) is 10.0 Å². The maximum Gasteiger partial charge on any atom is 0.142 e. The maximum atomic E-state index is 8.73. The van der Waals surface area contributed by atoms with Crippen LogP contribution in [0.5, 0.6) is 0 Å². The zero-order valence-corrected chi connectivity index (χ0v) is 10.8. The Balaban J connectivity index is 2.81. The zero-order valence-electron chi connectivity index (χ0n) is 9.19. The lowest BCUT2D eigenvalue weighted by atomic mass is 10.1. The number of hydrogen-bond acceptors (Lipinski definition) is 2. The Hall–Kier alpha value is -1.11. The predicted molar refractivity (Wildman–Crippen MR) is 67.9 cm³/mol. The van der Waals surface area contributed by atoms with Crippen molar-refractivity contribution in [1.82, 2.24) is 0 Å². The summed E-state index contributed by atoms with van der Waals surface area (Å²) < 4.78 is 6.65. The van der Waals surface area contributed by atoms with Crippen LogP contribution in [0.15, 0.2) is 41.4 Å². The van der Waals surface area contributed by atoms with E-state index in [1.54, 1.807) is 13.0 Å². The van der Waals surface area contributed by atoms with Crippen molar-refractivity contribution in [3.05, 3.63) is 47.0 Å². The fourth-order valence-electron chi connectivity index (χ4n) is 1.38. The molecule has 1 rings (SSSR count). The van der Waals surface area contributed by atoms with Crippen LogP contribution in [-0.2, 0) is 4.74 Å². The molecular weight excluding hydrogens is 266 g/mol. The van der Waals surface area contributed by atoms with Crippen LogP contribution in [0.1, 0.15) is 25.0 Å². The molecule has 0 saturated heterocycles. The van der Waals surface area contributed by atoms with Gasteiger partial charge >= 0.3 is 0 Å². The Kier molecular flexibility index (Phi) is 5.24. The normalized spacial score (nSPS) is 13.8. The van der Waals surface area contributed by atoms with Gasteiger partial charge in [-0.05, 0) is 31.0 Å². The van der Waals surface area contributed by atoms with Crippen molar-refractivity contribution >= 4 is 15.9 Å². The van der Waals surface area contributed by atoms with Crippen LogP contribution in [0.25, 0.3) is 0 Å². The van der Waals surface area contributed by atoms with Crippen LogP contribution in [0, 0.1) is 11.3 Å². The van der Waals surface area contributed by atoms with Gasteiger partial charge in [-0.1, -0.05) is 34.1 Å². The van der Waals surface area contributed by atoms with Crippen LogP contribution in [0.2, 0.25) is 0 Å². The minimum absolute atomic E-state index is 0.0970. The fourth-order valence-corrected chi connectivity index (χ4v) is 1.64. The van der Waals surface area contributed by atoms with E-state index in [0.29, 0.717) is 6.42 Å². The van der Waals surface area contributed by atoms with Gasteiger partial charge in [0, 0.05) is 4.47 Å². The summed E-state index contributed by atoms with van der Waals surface area (Å²) >= 11 is 3.38. The number of benzene rings is 1. The van der Waals surface area contributed by atoms with E-state index in [1.807, 2.05) is 24.3 Å². The van der Waals surface area contributed by atoms with Crippen molar-refractivity contribution < 1.29 is 4.74 Å². The summed E-state index contributed by atoms with van der Waals surface area (Å²) in [6.07, 6.45) is 2.00. The molecule has 0 fully saturated rings. The highest BCUT2D eigenvalue weighted by Gasteiger charge is 2.13. The summed E-state index contributed by atoms with van der Waals surface area (Å²) in [5, 5.41) is 8.73. The average molecular weight is 280 g/mol. The Labute approximate surface area is 105 Å². The lowest BCUT2D eigenvalue weighted by Crippen LogP contribution is -2.11. The molecule has 1 aromatic carbocycles. The highest BCUT2D eigenvalue weighted by Crippen LogP contribution is 2.24. The molecule has 84 valence electrons. The molecule has 2 atom stereocenters. The third-order valence-electron chi connectivity index (χ3n) is 2.17. The Bertz CT molecular complexity index is 380. The summed E-state index contributed by atoms with van der Waals surface area (Å²) in [5.41, 5.74) is 1.06. The molecule has 0 aromatic heterocycles. The molecule has 0 aliphatic carbocycles. The second-order valence-electron chi connectivity index (χ2n) is 3.47. The quantitative estimate of drug-likeness (QED) is 0.764. The second-order valence-corrected chi connectivity index (χ2v) is 4.39. The van der Waals surface area contributed by atoms with Crippen molar-refractivity contribution in [1.29, 1.82) is 5.26 Å². The molecule has 3 heteroatoms. The molecule has 16 heavy (non-hydrogen) atoms.